The van der Waals surface area contributed by atoms with Gasteiger partial charge in [-0.1, -0.05) is 29.3 Å². The molecule has 25 heavy (non-hydrogen) atoms. The Labute approximate surface area is 157 Å². The Bertz CT molecular complexity index is 617. The molecule has 0 aromatic heterocycles. The Morgan fingerprint density at radius 3 is 2.84 bits per heavy atom. The smallest absolute Gasteiger partial charge is 0.342 e. The largest absolute Gasteiger partial charge is 0.467 e. The van der Waals surface area contributed by atoms with Crippen LogP contribution in [-0.2, 0) is 29.3 Å². The van der Waals surface area contributed by atoms with Gasteiger partial charge in [0.05, 0.1) is 19.8 Å². The summed E-state index contributed by atoms with van der Waals surface area (Å²) in [6.45, 7) is 1.09. The van der Waals surface area contributed by atoms with Gasteiger partial charge in [0.2, 0.25) is 0 Å². The fraction of sp³-hybridized carbons (Fsp3) is 0.611. The Kier molecular flexibility index (Phi) is 6.23. The van der Waals surface area contributed by atoms with Crippen LogP contribution in [0.1, 0.15) is 37.7 Å². The van der Waals surface area contributed by atoms with Gasteiger partial charge in [0.15, 0.2) is 11.9 Å². The van der Waals surface area contributed by atoms with Crippen LogP contribution in [0.15, 0.2) is 18.2 Å². The Morgan fingerprint density at radius 1 is 1.32 bits per heavy atom. The molecule has 5 nitrogen and oxygen atoms in total. The molecular weight excluding hydrogens is 367 g/mol. The number of esters is 1. The molecule has 2 aliphatic rings. The van der Waals surface area contributed by atoms with E-state index in [1.807, 2.05) is 0 Å². The minimum Gasteiger partial charge on any atom is -0.467 e. The van der Waals surface area contributed by atoms with E-state index in [1.165, 1.54) is 7.11 Å². The zero-order valence-electron chi connectivity index (χ0n) is 14.1. The van der Waals surface area contributed by atoms with Crippen molar-refractivity contribution in [1.82, 2.24) is 0 Å². The minimum absolute atomic E-state index is 0.190. The van der Waals surface area contributed by atoms with Gasteiger partial charge >= 0.3 is 5.97 Å². The Balaban J connectivity index is 1.73. The Hall–Kier alpha value is -0.850. The number of hydrogen-bond donors (Lipinski definition) is 0. The van der Waals surface area contributed by atoms with Crippen LogP contribution in [-0.4, -0.2) is 38.7 Å². The third kappa shape index (κ3) is 4.12. The highest BCUT2D eigenvalue weighted by atomic mass is 35.5. The molecule has 3 atom stereocenters. The lowest BCUT2D eigenvalue weighted by Crippen LogP contribution is -2.38. The maximum Gasteiger partial charge on any atom is 0.342 e. The van der Waals surface area contributed by atoms with Gasteiger partial charge in [-0.05, 0) is 44.2 Å². The van der Waals surface area contributed by atoms with Crippen molar-refractivity contribution in [1.29, 1.82) is 0 Å². The van der Waals surface area contributed by atoms with Crippen molar-refractivity contribution < 1.29 is 23.7 Å². The molecule has 0 amide bonds. The molecule has 0 N–H and O–H groups in total. The summed E-state index contributed by atoms with van der Waals surface area (Å²) < 4.78 is 22.5. The van der Waals surface area contributed by atoms with Gasteiger partial charge in [-0.25, -0.2) is 4.79 Å². The monoisotopic (exact) mass is 388 g/mol. The molecule has 1 unspecified atom stereocenters. The molecule has 3 rings (SSSR count). The van der Waals surface area contributed by atoms with E-state index in [0.717, 1.165) is 25.9 Å². The van der Waals surface area contributed by atoms with Crippen LogP contribution in [0.2, 0.25) is 10.0 Å². The van der Waals surface area contributed by atoms with Crippen molar-refractivity contribution in [3.05, 3.63) is 33.8 Å². The number of carbonyl (C=O) groups is 1. The van der Waals surface area contributed by atoms with Crippen LogP contribution in [0.5, 0.6) is 0 Å². The van der Waals surface area contributed by atoms with Crippen molar-refractivity contribution in [3.63, 3.8) is 0 Å². The molecule has 2 aliphatic heterocycles. The normalized spacial score (nSPS) is 29.6. The van der Waals surface area contributed by atoms with Crippen LogP contribution in [0.3, 0.4) is 0 Å². The topological polar surface area (TPSA) is 54.0 Å². The van der Waals surface area contributed by atoms with Crippen molar-refractivity contribution in [3.8, 4) is 0 Å². The quantitative estimate of drug-likeness (QED) is 0.711. The first-order chi connectivity index (χ1) is 12.0. The van der Waals surface area contributed by atoms with Gasteiger partial charge < -0.3 is 18.9 Å². The first-order valence-electron chi connectivity index (χ1n) is 8.50. The number of halogens is 2. The summed E-state index contributed by atoms with van der Waals surface area (Å²) in [5.74, 6) is -0.465. The maximum atomic E-state index is 12.5. The van der Waals surface area contributed by atoms with Gasteiger partial charge in [0, 0.05) is 22.2 Å². The predicted molar refractivity (Wildman–Crippen MR) is 93.8 cm³/mol. The molecule has 7 heteroatoms. The summed E-state index contributed by atoms with van der Waals surface area (Å²) in [5, 5.41) is 0.885. The average Bonchev–Trinajstić information content (AvgIpc) is 3.05. The first kappa shape index (κ1) is 18.9. The van der Waals surface area contributed by atoms with Crippen LogP contribution in [0, 0.1) is 0 Å². The molecule has 0 bridgehead atoms. The van der Waals surface area contributed by atoms with Crippen LogP contribution < -0.4 is 0 Å². The first-order valence-corrected chi connectivity index (χ1v) is 9.26. The fourth-order valence-corrected chi connectivity index (χ4v) is 3.94. The van der Waals surface area contributed by atoms with Crippen molar-refractivity contribution in [2.45, 2.75) is 50.1 Å². The van der Waals surface area contributed by atoms with E-state index < -0.39 is 11.6 Å². The second-order valence-corrected chi connectivity index (χ2v) is 7.19. The van der Waals surface area contributed by atoms with Gasteiger partial charge in [0.1, 0.15) is 0 Å². The lowest BCUT2D eigenvalue weighted by molar-refractivity contribution is -0.192. The minimum atomic E-state index is -1.22. The SMILES string of the molecule is COC(=O)[C@]1(c2ccc(Cl)cc2Cl)CC[C@H](COC2CCCCO2)O1. The van der Waals surface area contributed by atoms with Gasteiger partial charge in [0.25, 0.3) is 0 Å². The van der Waals surface area contributed by atoms with Gasteiger partial charge in [-0.15, -0.1) is 0 Å². The van der Waals surface area contributed by atoms with Crippen molar-refractivity contribution in [2.24, 2.45) is 0 Å². The molecule has 138 valence electrons. The van der Waals surface area contributed by atoms with E-state index in [-0.39, 0.29) is 12.4 Å². The summed E-state index contributed by atoms with van der Waals surface area (Å²) in [4.78, 5) is 12.5. The van der Waals surface area contributed by atoms with E-state index >= 15 is 0 Å². The highest BCUT2D eigenvalue weighted by molar-refractivity contribution is 6.35. The van der Waals surface area contributed by atoms with Crippen molar-refractivity contribution >= 4 is 29.2 Å². The van der Waals surface area contributed by atoms with Crippen LogP contribution in [0.25, 0.3) is 0 Å². The molecule has 0 saturated carbocycles. The Morgan fingerprint density at radius 2 is 2.16 bits per heavy atom. The molecule has 0 spiro atoms. The van der Waals surface area contributed by atoms with E-state index in [9.17, 15) is 4.79 Å². The third-order valence-electron chi connectivity index (χ3n) is 4.67. The zero-order valence-corrected chi connectivity index (χ0v) is 15.6. The third-order valence-corrected chi connectivity index (χ3v) is 5.22. The van der Waals surface area contributed by atoms with E-state index in [1.54, 1.807) is 18.2 Å². The summed E-state index contributed by atoms with van der Waals surface area (Å²) in [7, 11) is 1.34. The predicted octanol–water partition coefficient (Wildman–Crippen LogP) is 4.08. The summed E-state index contributed by atoms with van der Waals surface area (Å²) in [6, 6.07) is 5.01. The zero-order chi connectivity index (χ0) is 17.9. The second-order valence-electron chi connectivity index (χ2n) is 6.35. The molecule has 1 aromatic carbocycles. The molecule has 0 radical (unpaired) electrons. The fourth-order valence-electron chi connectivity index (χ4n) is 3.38. The molecule has 0 aliphatic carbocycles. The maximum absolute atomic E-state index is 12.5. The van der Waals surface area contributed by atoms with E-state index in [4.69, 9.17) is 42.1 Å². The van der Waals surface area contributed by atoms with Gasteiger partial charge in [-0.3, -0.25) is 0 Å². The highest BCUT2D eigenvalue weighted by Gasteiger charge is 2.50. The van der Waals surface area contributed by atoms with E-state index in [0.29, 0.717) is 35.1 Å². The number of ether oxygens (including phenoxy) is 4. The standard InChI is InChI=1S/C18H22Cl2O5/c1-22-17(21)18(14-6-5-12(19)10-15(14)20)8-7-13(25-18)11-24-16-4-2-3-9-23-16/h5-6,10,13,16H,2-4,7-9,11H2,1H3/t13-,16?,18-/m1/s1. The molecule has 2 fully saturated rings. The molecule has 2 heterocycles. The van der Waals surface area contributed by atoms with Crippen LogP contribution >= 0.6 is 23.2 Å². The molecular formula is C18H22Cl2O5. The average molecular weight is 389 g/mol. The molecule has 2 saturated heterocycles. The molecule has 1 aromatic rings. The number of benzene rings is 1. The van der Waals surface area contributed by atoms with Crippen LogP contribution in [0.4, 0.5) is 0 Å². The summed E-state index contributed by atoms with van der Waals surface area (Å²) in [6.07, 6.45) is 3.78. The lowest BCUT2D eigenvalue weighted by atomic mass is 9.90. The van der Waals surface area contributed by atoms with Crippen molar-refractivity contribution in [2.75, 3.05) is 20.3 Å². The second kappa shape index (κ2) is 8.23. The summed E-state index contributed by atoms with van der Waals surface area (Å²) >= 11 is 12.3. The lowest BCUT2D eigenvalue weighted by Gasteiger charge is -2.29. The van der Waals surface area contributed by atoms with Gasteiger partial charge in [-0.2, -0.15) is 0 Å². The highest BCUT2D eigenvalue weighted by Crippen LogP contribution is 2.44. The number of rotatable bonds is 5. The summed E-state index contributed by atoms with van der Waals surface area (Å²) in [5.41, 5.74) is -0.653. The number of hydrogen-bond acceptors (Lipinski definition) is 5. The van der Waals surface area contributed by atoms with E-state index in [2.05, 4.69) is 0 Å². The number of methoxy groups -OCH3 is 1. The number of carbonyl (C=O) groups excluding carboxylic acids is 1.